The fraction of sp³-hybridized carbons (Fsp3) is 0.294. The van der Waals surface area contributed by atoms with Crippen molar-refractivity contribution in [2.75, 3.05) is 5.08 Å². The summed E-state index contributed by atoms with van der Waals surface area (Å²) >= 11 is 0. The highest BCUT2D eigenvalue weighted by Gasteiger charge is 2.33. The first-order chi connectivity index (χ1) is 10.7. The Hall–Kier alpha value is -1.66. The van der Waals surface area contributed by atoms with Gasteiger partial charge in [0, 0.05) is 0 Å². The summed E-state index contributed by atoms with van der Waals surface area (Å²) in [5.74, 6) is 0. The van der Waals surface area contributed by atoms with Crippen molar-refractivity contribution < 1.29 is 16.8 Å². The van der Waals surface area contributed by atoms with Crippen molar-refractivity contribution in [3.63, 3.8) is 0 Å². The molecular formula is C17H20O4S2. The van der Waals surface area contributed by atoms with Gasteiger partial charge >= 0.3 is 0 Å². The fourth-order valence-electron chi connectivity index (χ4n) is 2.30. The normalized spacial score (nSPS) is 15.0. The van der Waals surface area contributed by atoms with E-state index in [0.717, 1.165) is 0 Å². The van der Waals surface area contributed by atoms with Crippen molar-refractivity contribution in [2.45, 2.75) is 24.3 Å². The van der Waals surface area contributed by atoms with E-state index < -0.39 is 35.3 Å². The molecule has 0 aromatic heterocycles. The zero-order chi connectivity index (χ0) is 17.1. The molecule has 2 rings (SSSR count). The standard InChI is InChI=1S/C17H20O4S2/c1-14(16-9-5-3-6-10-16)22(18,19)13-23(20,21)15(2)17-11-7-4-8-12-17/h3-12,14-15H,13H2,1-2H3/t14-,15-/m0/s1. The van der Waals surface area contributed by atoms with Gasteiger partial charge in [0.1, 0.15) is 0 Å². The molecule has 2 aromatic carbocycles. The van der Waals surface area contributed by atoms with E-state index in [1.54, 1.807) is 60.7 Å². The predicted molar refractivity (Wildman–Crippen MR) is 92.4 cm³/mol. The molecule has 2 atom stereocenters. The highest BCUT2D eigenvalue weighted by molar-refractivity contribution is 8.08. The van der Waals surface area contributed by atoms with Gasteiger partial charge in [0.2, 0.25) is 0 Å². The summed E-state index contributed by atoms with van der Waals surface area (Å²) in [5.41, 5.74) is 1.19. The quantitative estimate of drug-likeness (QED) is 0.800. The molecule has 23 heavy (non-hydrogen) atoms. The summed E-state index contributed by atoms with van der Waals surface area (Å²) < 4.78 is 50.0. The second-order valence-corrected chi connectivity index (χ2v) is 10.6. The van der Waals surface area contributed by atoms with E-state index in [0.29, 0.717) is 11.1 Å². The smallest absolute Gasteiger partial charge is 0.171 e. The number of benzene rings is 2. The van der Waals surface area contributed by atoms with Gasteiger partial charge in [-0.05, 0) is 25.0 Å². The molecule has 0 radical (unpaired) electrons. The lowest BCUT2D eigenvalue weighted by molar-refractivity contribution is 0.578. The van der Waals surface area contributed by atoms with Crippen LogP contribution in [0.15, 0.2) is 60.7 Å². The van der Waals surface area contributed by atoms with Crippen LogP contribution in [0.4, 0.5) is 0 Å². The van der Waals surface area contributed by atoms with Crippen LogP contribution in [0.5, 0.6) is 0 Å². The highest BCUT2D eigenvalue weighted by atomic mass is 32.3. The second kappa shape index (κ2) is 6.84. The second-order valence-electron chi connectivity index (χ2n) is 5.55. The first-order valence-corrected chi connectivity index (χ1v) is 10.7. The third kappa shape index (κ3) is 4.20. The van der Waals surface area contributed by atoms with E-state index in [1.807, 2.05) is 0 Å². The van der Waals surface area contributed by atoms with Crippen LogP contribution in [0.1, 0.15) is 35.5 Å². The van der Waals surface area contributed by atoms with Gasteiger partial charge in [0.15, 0.2) is 24.8 Å². The average Bonchev–Trinajstić information content (AvgIpc) is 2.54. The topological polar surface area (TPSA) is 68.3 Å². The Balaban J connectivity index is 2.26. The Labute approximate surface area is 138 Å². The van der Waals surface area contributed by atoms with Gasteiger partial charge in [0.05, 0.1) is 10.5 Å². The minimum atomic E-state index is -3.81. The van der Waals surface area contributed by atoms with Crippen molar-refractivity contribution in [1.82, 2.24) is 0 Å². The lowest BCUT2D eigenvalue weighted by Crippen LogP contribution is -2.24. The van der Waals surface area contributed by atoms with E-state index in [9.17, 15) is 16.8 Å². The van der Waals surface area contributed by atoms with Gasteiger partial charge in [-0.3, -0.25) is 0 Å². The number of hydrogen-bond donors (Lipinski definition) is 0. The van der Waals surface area contributed by atoms with E-state index in [2.05, 4.69) is 0 Å². The Bertz CT molecular complexity index is 768. The lowest BCUT2D eigenvalue weighted by Gasteiger charge is -2.17. The fourth-order valence-corrected chi connectivity index (χ4v) is 6.90. The molecule has 0 fully saturated rings. The third-order valence-corrected chi connectivity index (χ3v) is 9.27. The maximum absolute atomic E-state index is 12.5. The van der Waals surface area contributed by atoms with Crippen LogP contribution in [-0.4, -0.2) is 21.9 Å². The molecule has 0 spiro atoms. The molecule has 0 aliphatic carbocycles. The van der Waals surface area contributed by atoms with Crippen LogP contribution in [0.2, 0.25) is 0 Å². The molecule has 0 N–H and O–H groups in total. The number of rotatable bonds is 6. The molecule has 0 saturated carbocycles. The SMILES string of the molecule is C[C@@H](c1ccccc1)S(=O)(=O)CS(=O)(=O)[C@@H](C)c1ccccc1. The van der Waals surface area contributed by atoms with Gasteiger partial charge < -0.3 is 0 Å². The molecule has 0 aliphatic heterocycles. The van der Waals surface area contributed by atoms with Gasteiger partial charge in [-0.15, -0.1) is 0 Å². The zero-order valence-electron chi connectivity index (χ0n) is 13.1. The maximum Gasteiger partial charge on any atom is 0.171 e. The third-order valence-electron chi connectivity index (χ3n) is 3.94. The monoisotopic (exact) mass is 352 g/mol. The largest absolute Gasteiger partial charge is 0.227 e. The average molecular weight is 352 g/mol. The lowest BCUT2D eigenvalue weighted by atomic mass is 10.2. The predicted octanol–water partition coefficient (Wildman–Crippen LogP) is 3.30. The van der Waals surface area contributed by atoms with Crippen LogP contribution in [0.3, 0.4) is 0 Å². The molecule has 4 nitrogen and oxygen atoms in total. The minimum absolute atomic E-state index is 0.593. The van der Waals surface area contributed by atoms with Crippen molar-refractivity contribution in [3.05, 3.63) is 71.8 Å². The summed E-state index contributed by atoms with van der Waals surface area (Å²) in [6, 6.07) is 17.3. The van der Waals surface area contributed by atoms with Crippen molar-refractivity contribution >= 4 is 19.7 Å². The summed E-state index contributed by atoms with van der Waals surface area (Å²) in [6.45, 7) is 3.04. The molecule has 0 aliphatic rings. The van der Waals surface area contributed by atoms with Crippen molar-refractivity contribution in [3.8, 4) is 0 Å². The van der Waals surface area contributed by atoms with Crippen LogP contribution in [-0.2, 0) is 19.7 Å². The zero-order valence-corrected chi connectivity index (χ0v) is 14.7. The molecule has 0 unspecified atom stereocenters. The molecule has 0 amide bonds. The summed E-state index contributed by atoms with van der Waals surface area (Å²) in [4.78, 5) is 0. The number of sulfone groups is 2. The Morgan fingerprint density at radius 3 is 1.26 bits per heavy atom. The van der Waals surface area contributed by atoms with E-state index >= 15 is 0 Å². The van der Waals surface area contributed by atoms with Gasteiger partial charge in [-0.1, -0.05) is 60.7 Å². The summed E-state index contributed by atoms with van der Waals surface area (Å²) in [6.07, 6.45) is 0. The Morgan fingerprint density at radius 1 is 0.652 bits per heavy atom. The molecular weight excluding hydrogens is 332 g/mol. The van der Waals surface area contributed by atoms with Crippen molar-refractivity contribution in [2.24, 2.45) is 0 Å². The molecule has 124 valence electrons. The maximum atomic E-state index is 12.5. The highest BCUT2D eigenvalue weighted by Crippen LogP contribution is 2.28. The van der Waals surface area contributed by atoms with E-state index in [-0.39, 0.29) is 0 Å². The molecule has 6 heteroatoms. The number of hydrogen-bond acceptors (Lipinski definition) is 4. The van der Waals surface area contributed by atoms with Crippen LogP contribution in [0.25, 0.3) is 0 Å². The van der Waals surface area contributed by atoms with Crippen molar-refractivity contribution in [1.29, 1.82) is 0 Å². The summed E-state index contributed by atoms with van der Waals surface area (Å²) in [7, 11) is -7.62. The van der Waals surface area contributed by atoms with Crippen LogP contribution < -0.4 is 0 Å². The molecule has 0 heterocycles. The van der Waals surface area contributed by atoms with E-state index in [1.165, 1.54) is 13.8 Å². The Morgan fingerprint density at radius 2 is 0.957 bits per heavy atom. The van der Waals surface area contributed by atoms with Gasteiger partial charge in [-0.2, -0.15) is 0 Å². The molecule has 0 bridgehead atoms. The van der Waals surface area contributed by atoms with Gasteiger partial charge in [-0.25, -0.2) is 16.8 Å². The van der Waals surface area contributed by atoms with Crippen LogP contribution >= 0.6 is 0 Å². The first kappa shape index (κ1) is 17.7. The van der Waals surface area contributed by atoms with Crippen LogP contribution in [0, 0.1) is 0 Å². The van der Waals surface area contributed by atoms with E-state index in [4.69, 9.17) is 0 Å². The molecule has 2 aromatic rings. The molecule has 0 saturated heterocycles. The minimum Gasteiger partial charge on any atom is -0.227 e. The Kier molecular flexibility index (Phi) is 5.26. The first-order valence-electron chi connectivity index (χ1n) is 7.27. The summed E-state index contributed by atoms with van der Waals surface area (Å²) in [5, 5.41) is -2.57. The van der Waals surface area contributed by atoms with Gasteiger partial charge in [0.25, 0.3) is 0 Å².